The Bertz CT molecular complexity index is 539. The summed E-state index contributed by atoms with van der Waals surface area (Å²) in [5, 5.41) is 18.7. The van der Waals surface area contributed by atoms with Gasteiger partial charge in [-0.25, -0.2) is 14.6 Å². The minimum atomic E-state index is -1.01. The molecule has 0 aliphatic rings. The van der Waals surface area contributed by atoms with Gasteiger partial charge in [0.05, 0.1) is 5.01 Å². The quantitative estimate of drug-likeness (QED) is 0.657. The SMILES string of the molecule is CCC.CCCN(CCCc1nc(C(=O)O)cs1)C(=O)OC(C)(C)C.CCO. The van der Waals surface area contributed by atoms with E-state index in [0.717, 1.165) is 17.8 Å². The fraction of sp³-hybridized carbons (Fsp3) is 0.750. The van der Waals surface area contributed by atoms with Gasteiger partial charge in [-0.15, -0.1) is 11.3 Å². The molecule has 8 heteroatoms. The Morgan fingerprint density at radius 3 is 2.11 bits per heavy atom. The number of carboxylic acids is 1. The predicted molar refractivity (Wildman–Crippen MR) is 114 cm³/mol. The van der Waals surface area contributed by atoms with Gasteiger partial charge in [-0.2, -0.15) is 0 Å². The van der Waals surface area contributed by atoms with Crippen molar-refractivity contribution in [2.75, 3.05) is 19.7 Å². The van der Waals surface area contributed by atoms with Crippen molar-refractivity contribution >= 4 is 23.4 Å². The van der Waals surface area contributed by atoms with Crippen LogP contribution in [0.1, 0.15) is 83.2 Å². The number of amides is 1. The summed E-state index contributed by atoms with van der Waals surface area (Å²) in [6.45, 7) is 14.9. The highest BCUT2D eigenvalue weighted by Gasteiger charge is 2.21. The summed E-state index contributed by atoms with van der Waals surface area (Å²) in [4.78, 5) is 28.6. The smallest absolute Gasteiger partial charge is 0.410 e. The van der Waals surface area contributed by atoms with E-state index in [4.69, 9.17) is 14.9 Å². The van der Waals surface area contributed by atoms with Crippen molar-refractivity contribution in [2.24, 2.45) is 0 Å². The van der Waals surface area contributed by atoms with E-state index in [9.17, 15) is 9.59 Å². The molecule has 2 N–H and O–H groups in total. The first-order valence-corrected chi connectivity index (χ1v) is 10.7. The second-order valence-electron chi connectivity index (χ2n) is 7.03. The first-order valence-electron chi connectivity index (χ1n) is 9.82. The van der Waals surface area contributed by atoms with Crippen molar-refractivity contribution in [3.8, 4) is 0 Å². The third-order valence-corrected chi connectivity index (χ3v) is 3.64. The number of nitrogens with zero attached hydrogens (tertiary/aromatic N) is 2. The Labute approximate surface area is 173 Å². The van der Waals surface area contributed by atoms with Crippen molar-refractivity contribution in [2.45, 2.75) is 79.8 Å². The highest BCUT2D eigenvalue weighted by atomic mass is 32.1. The maximum Gasteiger partial charge on any atom is 0.410 e. The minimum Gasteiger partial charge on any atom is -0.476 e. The van der Waals surface area contributed by atoms with E-state index in [-0.39, 0.29) is 18.4 Å². The zero-order chi connectivity index (χ0) is 22.2. The van der Waals surface area contributed by atoms with Gasteiger partial charge in [0.1, 0.15) is 5.60 Å². The van der Waals surface area contributed by atoms with E-state index in [2.05, 4.69) is 18.8 Å². The van der Waals surface area contributed by atoms with E-state index < -0.39 is 11.6 Å². The van der Waals surface area contributed by atoms with Gasteiger partial charge in [-0.05, 0) is 40.5 Å². The topological polar surface area (TPSA) is 100.0 Å². The fourth-order valence-electron chi connectivity index (χ4n) is 1.84. The largest absolute Gasteiger partial charge is 0.476 e. The molecule has 0 radical (unpaired) electrons. The van der Waals surface area contributed by atoms with Crippen LogP contribution in [0.15, 0.2) is 5.38 Å². The molecule has 0 atom stereocenters. The maximum atomic E-state index is 12.1. The molecule has 0 spiro atoms. The van der Waals surface area contributed by atoms with Crippen LogP contribution in [0, 0.1) is 0 Å². The van der Waals surface area contributed by atoms with Crippen LogP contribution in [0.5, 0.6) is 0 Å². The average molecular weight is 419 g/mol. The number of hydrogen-bond acceptors (Lipinski definition) is 6. The first kappa shape index (κ1) is 28.5. The lowest BCUT2D eigenvalue weighted by atomic mass is 10.2. The van der Waals surface area contributed by atoms with Gasteiger partial charge in [0.15, 0.2) is 5.69 Å². The van der Waals surface area contributed by atoms with Crippen molar-refractivity contribution in [3.05, 3.63) is 16.1 Å². The molecule has 0 aliphatic carbocycles. The number of hydrogen-bond donors (Lipinski definition) is 2. The second-order valence-corrected chi connectivity index (χ2v) is 7.97. The van der Waals surface area contributed by atoms with Gasteiger partial charge in [0.2, 0.25) is 0 Å². The Morgan fingerprint density at radius 2 is 1.71 bits per heavy atom. The summed E-state index contributed by atoms with van der Waals surface area (Å²) in [6.07, 6.45) is 3.19. The third kappa shape index (κ3) is 15.4. The Morgan fingerprint density at radius 1 is 1.18 bits per heavy atom. The molecule has 1 heterocycles. The zero-order valence-electron chi connectivity index (χ0n) is 18.4. The van der Waals surface area contributed by atoms with Crippen LogP contribution in [0.25, 0.3) is 0 Å². The number of aryl methyl sites for hydroxylation is 1. The van der Waals surface area contributed by atoms with Gasteiger partial charge in [0, 0.05) is 31.5 Å². The molecule has 0 aromatic carbocycles. The number of aromatic carboxylic acids is 1. The second kappa shape index (κ2) is 16.3. The molecule has 0 fully saturated rings. The van der Waals surface area contributed by atoms with Crippen LogP contribution < -0.4 is 0 Å². The van der Waals surface area contributed by atoms with Crippen LogP contribution in [-0.2, 0) is 11.2 Å². The Balaban J connectivity index is 0. The van der Waals surface area contributed by atoms with Gasteiger partial charge < -0.3 is 19.8 Å². The number of carboxylic acid groups (broad SMARTS) is 1. The molecule has 7 nitrogen and oxygen atoms in total. The number of carbonyl (C=O) groups is 2. The molecular weight excluding hydrogens is 380 g/mol. The molecule has 1 aromatic heterocycles. The van der Waals surface area contributed by atoms with Gasteiger partial charge in [-0.1, -0.05) is 27.2 Å². The lowest BCUT2D eigenvalue weighted by Crippen LogP contribution is -2.38. The van der Waals surface area contributed by atoms with E-state index in [1.165, 1.54) is 23.1 Å². The van der Waals surface area contributed by atoms with Crippen LogP contribution in [0.3, 0.4) is 0 Å². The summed E-state index contributed by atoms with van der Waals surface area (Å²) in [5.41, 5.74) is -0.424. The highest BCUT2D eigenvalue weighted by molar-refractivity contribution is 7.09. The molecule has 28 heavy (non-hydrogen) atoms. The molecule has 0 saturated carbocycles. The first-order chi connectivity index (χ1) is 13.1. The molecule has 0 aliphatic heterocycles. The molecule has 0 bridgehead atoms. The molecule has 1 aromatic rings. The molecule has 164 valence electrons. The summed E-state index contributed by atoms with van der Waals surface area (Å²) in [6, 6.07) is 0. The standard InChI is InChI=1S/C15H24N2O4S.C3H8.C2H6O/c1-5-8-17(14(20)21-15(2,3)4)9-6-7-12-16-11(10-22-12)13(18)19;1-3-2;1-2-3/h10H,5-9H2,1-4H3,(H,18,19);3H2,1-2H3;3H,2H2,1H3. The van der Waals surface area contributed by atoms with Gasteiger partial charge >= 0.3 is 12.1 Å². The number of aromatic nitrogens is 1. The van der Waals surface area contributed by atoms with E-state index in [0.29, 0.717) is 19.5 Å². The summed E-state index contributed by atoms with van der Waals surface area (Å²) >= 11 is 1.33. The zero-order valence-corrected chi connectivity index (χ0v) is 19.3. The number of aliphatic hydroxyl groups excluding tert-OH is 1. The van der Waals surface area contributed by atoms with Crippen molar-refractivity contribution < 1.29 is 24.5 Å². The van der Waals surface area contributed by atoms with Crippen molar-refractivity contribution in [1.29, 1.82) is 0 Å². The van der Waals surface area contributed by atoms with E-state index >= 15 is 0 Å². The molecule has 0 saturated heterocycles. The van der Waals surface area contributed by atoms with Gasteiger partial charge in [-0.3, -0.25) is 0 Å². The normalized spacial score (nSPS) is 10.1. The lowest BCUT2D eigenvalue weighted by Gasteiger charge is -2.27. The predicted octanol–water partition coefficient (Wildman–Crippen LogP) is 4.84. The van der Waals surface area contributed by atoms with Crippen molar-refractivity contribution in [1.82, 2.24) is 9.88 Å². The van der Waals surface area contributed by atoms with Crippen LogP contribution in [0.2, 0.25) is 0 Å². The minimum absolute atomic E-state index is 0.0811. The Kier molecular flexibility index (Phi) is 16.6. The number of aliphatic hydroxyl groups is 1. The average Bonchev–Trinajstić information content (AvgIpc) is 3.03. The monoisotopic (exact) mass is 418 g/mol. The molecule has 1 amide bonds. The molecule has 0 unspecified atom stereocenters. The van der Waals surface area contributed by atoms with E-state index in [1.807, 2.05) is 27.7 Å². The van der Waals surface area contributed by atoms with E-state index in [1.54, 1.807) is 11.8 Å². The summed E-state index contributed by atoms with van der Waals surface area (Å²) in [5.74, 6) is -1.01. The van der Waals surface area contributed by atoms with Crippen LogP contribution in [-0.4, -0.2) is 57.5 Å². The summed E-state index contributed by atoms with van der Waals surface area (Å²) in [7, 11) is 0. The lowest BCUT2D eigenvalue weighted by molar-refractivity contribution is 0.0248. The molecular formula is C20H38N2O5S. The number of carbonyl (C=O) groups excluding carboxylic acids is 1. The van der Waals surface area contributed by atoms with Crippen LogP contribution >= 0.6 is 11.3 Å². The number of rotatable bonds is 7. The number of thiazole rings is 1. The van der Waals surface area contributed by atoms with Crippen molar-refractivity contribution in [3.63, 3.8) is 0 Å². The highest BCUT2D eigenvalue weighted by Crippen LogP contribution is 2.14. The molecule has 1 rings (SSSR count). The number of ether oxygens (including phenoxy) is 1. The summed E-state index contributed by atoms with van der Waals surface area (Å²) < 4.78 is 5.39. The Hall–Kier alpha value is -1.67. The van der Waals surface area contributed by atoms with Gasteiger partial charge in [0.25, 0.3) is 0 Å². The fourth-order valence-corrected chi connectivity index (χ4v) is 2.65. The maximum absolute atomic E-state index is 12.1. The third-order valence-electron chi connectivity index (χ3n) is 2.73. The van der Waals surface area contributed by atoms with Crippen LogP contribution in [0.4, 0.5) is 4.79 Å².